The van der Waals surface area contributed by atoms with Gasteiger partial charge in [0.25, 0.3) is 11.8 Å². The molecule has 0 spiro atoms. The summed E-state index contributed by atoms with van der Waals surface area (Å²) in [5, 5.41) is 8.74. The minimum absolute atomic E-state index is 0.153. The number of benzene rings is 4. The molecular weight excluding hydrogens is 513 g/mol. The number of fused-ring (bicyclic) bond motifs is 1. The van der Waals surface area contributed by atoms with Crippen LogP contribution in [0.3, 0.4) is 0 Å². The number of rotatable bonds is 7. The second-order valence-corrected chi connectivity index (χ2v) is 8.90. The van der Waals surface area contributed by atoms with Gasteiger partial charge in [-0.1, -0.05) is 71.2 Å². The largest absolute Gasteiger partial charge is 0.422 e. The lowest BCUT2D eigenvalue weighted by molar-refractivity contribution is -0.120. The van der Waals surface area contributed by atoms with Crippen molar-refractivity contribution in [3.05, 3.63) is 111 Å². The first-order valence-electron chi connectivity index (χ1n) is 11.2. The number of amides is 2. The molecule has 0 radical (unpaired) electrons. The van der Waals surface area contributed by atoms with Crippen molar-refractivity contribution in [3.63, 3.8) is 0 Å². The summed E-state index contributed by atoms with van der Waals surface area (Å²) >= 11 is 12.1. The molecule has 186 valence electrons. The van der Waals surface area contributed by atoms with Crippen LogP contribution in [0.5, 0.6) is 5.75 Å². The number of hydrogen-bond donors (Lipinski definition) is 2. The number of esters is 1. The zero-order valence-corrected chi connectivity index (χ0v) is 21.1. The maximum atomic E-state index is 12.8. The molecule has 0 saturated heterocycles. The van der Waals surface area contributed by atoms with Gasteiger partial charge in [0, 0.05) is 16.1 Å². The molecule has 0 aliphatic carbocycles. The number of aryl methyl sites for hydroxylation is 1. The lowest BCUT2D eigenvalue weighted by Gasteiger charge is -2.11. The predicted molar refractivity (Wildman–Crippen MR) is 145 cm³/mol. The summed E-state index contributed by atoms with van der Waals surface area (Å²) in [5.74, 6) is -1.35. The molecule has 0 heterocycles. The number of halogens is 2. The first-order chi connectivity index (χ1) is 17.8. The molecule has 0 bridgehead atoms. The van der Waals surface area contributed by atoms with E-state index in [-0.39, 0.29) is 28.8 Å². The molecule has 4 aromatic carbocycles. The fourth-order valence-corrected chi connectivity index (χ4v) is 3.97. The van der Waals surface area contributed by atoms with E-state index in [1.54, 1.807) is 30.3 Å². The molecule has 7 nitrogen and oxygen atoms in total. The van der Waals surface area contributed by atoms with E-state index in [0.29, 0.717) is 16.1 Å². The number of carbonyl (C=O) groups excluding carboxylic acids is 3. The van der Waals surface area contributed by atoms with Crippen molar-refractivity contribution in [2.75, 3.05) is 6.54 Å². The molecule has 0 unspecified atom stereocenters. The van der Waals surface area contributed by atoms with Crippen LogP contribution in [0.1, 0.15) is 31.8 Å². The molecule has 37 heavy (non-hydrogen) atoms. The van der Waals surface area contributed by atoms with Crippen molar-refractivity contribution in [2.24, 2.45) is 5.10 Å². The Morgan fingerprint density at radius 1 is 0.946 bits per heavy atom. The Hall–Kier alpha value is -4.20. The Morgan fingerprint density at radius 3 is 2.46 bits per heavy atom. The molecular formula is C28H21Cl2N3O4. The van der Waals surface area contributed by atoms with Crippen LogP contribution in [0.4, 0.5) is 0 Å². The molecule has 0 atom stereocenters. The second kappa shape index (κ2) is 11.7. The van der Waals surface area contributed by atoms with Crippen molar-refractivity contribution in [2.45, 2.75) is 6.92 Å². The molecule has 0 aliphatic heterocycles. The van der Waals surface area contributed by atoms with E-state index in [4.69, 9.17) is 27.9 Å². The van der Waals surface area contributed by atoms with Crippen LogP contribution in [-0.2, 0) is 4.79 Å². The SMILES string of the molecule is Cc1ccc(C(=O)NCC(=O)N/N=C\c2c(OC(=O)c3ccc(Cl)cc3Cl)ccc3ccccc23)cc1. The Labute approximate surface area is 223 Å². The minimum atomic E-state index is -0.672. The molecule has 0 aromatic heterocycles. The third-order valence-electron chi connectivity index (χ3n) is 5.39. The van der Waals surface area contributed by atoms with Gasteiger partial charge in [0.05, 0.1) is 23.3 Å². The first-order valence-corrected chi connectivity index (χ1v) is 11.9. The van der Waals surface area contributed by atoms with E-state index in [0.717, 1.165) is 16.3 Å². The molecule has 9 heteroatoms. The average Bonchev–Trinajstić information content (AvgIpc) is 2.88. The smallest absolute Gasteiger partial charge is 0.345 e. The summed E-state index contributed by atoms with van der Waals surface area (Å²) in [6.07, 6.45) is 1.38. The van der Waals surface area contributed by atoms with Gasteiger partial charge in [-0.15, -0.1) is 0 Å². The van der Waals surface area contributed by atoms with Gasteiger partial charge in [-0.2, -0.15) is 5.10 Å². The first kappa shape index (κ1) is 25.9. The zero-order valence-electron chi connectivity index (χ0n) is 19.6. The summed E-state index contributed by atoms with van der Waals surface area (Å²) in [6.45, 7) is 1.65. The normalized spacial score (nSPS) is 10.9. The lowest BCUT2D eigenvalue weighted by Crippen LogP contribution is -2.34. The lowest BCUT2D eigenvalue weighted by atomic mass is 10.0. The third kappa shape index (κ3) is 6.52. The van der Waals surface area contributed by atoms with Crippen molar-refractivity contribution < 1.29 is 19.1 Å². The summed E-state index contributed by atoms with van der Waals surface area (Å²) < 4.78 is 5.63. The number of ether oxygens (including phenoxy) is 1. The highest BCUT2D eigenvalue weighted by Crippen LogP contribution is 2.29. The Bertz CT molecular complexity index is 1520. The van der Waals surface area contributed by atoms with E-state index in [2.05, 4.69) is 15.8 Å². The average molecular weight is 534 g/mol. The molecule has 4 rings (SSSR count). The van der Waals surface area contributed by atoms with Gasteiger partial charge in [0.2, 0.25) is 0 Å². The number of nitrogens with one attached hydrogen (secondary N) is 2. The van der Waals surface area contributed by atoms with Crippen LogP contribution >= 0.6 is 23.2 Å². The van der Waals surface area contributed by atoms with Gasteiger partial charge < -0.3 is 10.1 Å². The van der Waals surface area contributed by atoms with Gasteiger partial charge >= 0.3 is 5.97 Å². The van der Waals surface area contributed by atoms with Crippen molar-refractivity contribution in [1.82, 2.24) is 10.7 Å². The molecule has 2 amide bonds. The van der Waals surface area contributed by atoms with Crippen LogP contribution in [0.15, 0.2) is 84.0 Å². The van der Waals surface area contributed by atoms with Gasteiger partial charge in [-0.05, 0) is 54.1 Å². The van der Waals surface area contributed by atoms with Gasteiger partial charge in [-0.3, -0.25) is 9.59 Å². The van der Waals surface area contributed by atoms with E-state index < -0.39 is 11.9 Å². The van der Waals surface area contributed by atoms with Gasteiger partial charge in [-0.25, -0.2) is 10.2 Å². The molecule has 0 aliphatic rings. The van der Waals surface area contributed by atoms with Crippen molar-refractivity contribution >= 4 is 58.0 Å². The summed E-state index contributed by atoms with van der Waals surface area (Å²) in [5.41, 5.74) is 4.48. The summed E-state index contributed by atoms with van der Waals surface area (Å²) in [4.78, 5) is 37.3. The number of hydrogen-bond acceptors (Lipinski definition) is 5. The van der Waals surface area contributed by atoms with E-state index in [1.165, 1.54) is 18.3 Å². The number of carbonyl (C=O) groups is 3. The highest BCUT2D eigenvalue weighted by atomic mass is 35.5. The Morgan fingerprint density at radius 2 is 1.70 bits per heavy atom. The second-order valence-electron chi connectivity index (χ2n) is 8.05. The topological polar surface area (TPSA) is 96.9 Å². The quantitative estimate of drug-likeness (QED) is 0.141. The van der Waals surface area contributed by atoms with E-state index in [9.17, 15) is 14.4 Å². The van der Waals surface area contributed by atoms with Crippen LogP contribution in [-0.4, -0.2) is 30.5 Å². The predicted octanol–water partition coefficient (Wildman–Crippen LogP) is 5.55. The van der Waals surface area contributed by atoms with Gasteiger partial charge in [0.1, 0.15) is 5.75 Å². The van der Waals surface area contributed by atoms with E-state index >= 15 is 0 Å². The highest BCUT2D eigenvalue weighted by molar-refractivity contribution is 6.36. The molecule has 2 N–H and O–H groups in total. The van der Waals surface area contributed by atoms with Crippen molar-refractivity contribution in [3.8, 4) is 5.75 Å². The molecule has 4 aromatic rings. The summed E-state index contributed by atoms with van der Waals surface area (Å²) in [6, 6.07) is 22.4. The Balaban J connectivity index is 1.48. The van der Waals surface area contributed by atoms with Crippen molar-refractivity contribution in [1.29, 1.82) is 0 Å². The van der Waals surface area contributed by atoms with Crippen LogP contribution in [0.2, 0.25) is 10.0 Å². The zero-order chi connectivity index (χ0) is 26.4. The maximum absolute atomic E-state index is 12.8. The number of hydrazone groups is 1. The highest BCUT2D eigenvalue weighted by Gasteiger charge is 2.16. The van der Waals surface area contributed by atoms with E-state index in [1.807, 2.05) is 43.3 Å². The third-order valence-corrected chi connectivity index (χ3v) is 5.94. The minimum Gasteiger partial charge on any atom is -0.422 e. The molecule has 0 saturated carbocycles. The fourth-order valence-electron chi connectivity index (χ4n) is 3.48. The van der Waals surface area contributed by atoms with Crippen LogP contribution in [0.25, 0.3) is 10.8 Å². The summed E-state index contributed by atoms with van der Waals surface area (Å²) in [7, 11) is 0. The standard InChI is InChI=1S/C28H21Cl2N3O4/c1-17-6-8-19(9-7-17)27(35)31-16-26(34)33-32-15-23-21-5-3-2-4-18(21)10-13-25(23)37-28(36)22-12-11-20(29)14-24(22)30/h2-15H,16H2,1H3,(H,31,35)(H,33,34)/b32-15-. The fraction of sp³-hybridized carbons (Fsp3) is 0.0714. The monoisotopic (exact) mass is 533 g/mol. The molecule has 0 fully saturated rings. The Kier molecular flexibility index (Phi) is 8.18. The van der Waals surface area contributed by atoms with Gasteiger partial charge in [0.15, 0.2) is 0 Å². The van der Waals surface area contributed by atoms with Crippen LogP contribution in [0, 0.1) is 6.92 Å². The maximum Gasteiger partial charge on any atom is 0.345 e. The number of nitrogens with zero attached hydrogens (tertiary/aromatic N) is 1. The van der Waals surface area contributed by atoms with Crippen LogP contribution < -0.4 is 15.5 Å².